The molecule has 0 saturated carbocycles. The summed E-state index contributed by atoms with van der Waals surface area (Å²) in [6, 6.07) is 0. The first-order chi connectivity index (χ1) is 4.59. The fraction of sp³-hybridized carbons (Fsp3) is 0.250. The summed E-state index contributed by atoms with van der Waals surface area (Å²) in [5.41, 5.74) is 5.13. The first-order valence-corrected chi connectivity index (χ1v) is 4.74. The van der Waals surface area contributed by atoms with Crippen LogP contribution in [0.25, 0.3) is 0 Å². The smallest absolute Gasteiger partial charge is 0.229 e. The Bertz CT molecular complexity index is 303. The molecule has 1 rings (SSSR count). The van der Waals surface area contributed by atoms with Gasteiger partial charge in [-0.3, -0.25) is 0 Å². The number of nitrogens with two attached hydrogens (primary N) is 1. The minimum absolute atomic E-state index is 0.000926. The summed E-state index contributed by atoms with van der Waals surface area (Å²) in [6.45, 7) is 0.000926. The molecular formula is C4H5BrN2O2S. The van der Waals surface area contributed by atoms with Gasteiger partial charge in [-0.15, -0.1) is 0 Å². The van der Waals surface area contributed by atoms with E-state index in [1.54, 1.807) is 0 Å². The predicted octanol–water partition coefficient (Wildman–Crippen LogP) is -0.0342. The van der Waals surface area contributed by atoms with E-state index >= 15 is 0 Å². The number of sulfone groups is 1. The van der Waals surface area contributed by atoms with E-state index in [2.05, 4.69) is 20.9 Å². The first-order valence-electron chi connectivity index (χ1n) is 2.46. The van der Waals surface area contributed by atoms with Crippen molar-refractivity contribution in [3.63, 3.8) is 0 Å². The molecule has 56 valence electrons. The molecule has 1 aliphatic heterocycles. The van der Waals surface area contributed by atoms with Crippen molar-refractivity contribution in [2.24, 2.45) is 10.7 Å². The van der Waals surface area contributed by atoms with Crippen molar-refractivity contribution in [1.82, 2.24) is 0 Å². The molecule has 0 spiro atoms. The number of nitrogens with zero attached hydrogens (tertiary/aromatic N) is 1. The fourth-order valence-corrected chi connectivity index (χ4v) is 2.08. The van der Waals surface area contributed by atoms with Crippen molar-refractivity contribution in [2.75, 3.05) is 6.54 Å². The second kappa shape index (κ2) is 2.44. The number of aliphatic imine (C=N–C) groups is 1. The maximum absolute atomic E-state index is 11.0. The van der Waals surface area contributed by atoms with Crippen LogP contribution >= 0.6 is 15.9 Å². The van der Waals surface area contributed by atoms with Gasteiger partial charge in [0.15, 0.2) is 0 Å². The van der Waals surface area contributed by atoms with Gasteiger partial charge in [-0.1, -0.05) is 0 Å². The molecule has 6 heteroatoms. The van der Waals surface area contributed by atoms with Crippen LogP contribution in [0.3, 0.4) is 0 Å². The molecule has 4 nitrogen and oxygen atoms in total. The Morgan fingerprint density at radius 1 is 1.70 bits per heavy atom. The SMILES string of the molecule is NCC1=CN=C(Br)S1(=O)=O. The highest BCUT2D eigenvalue weighted by Gasteiger charge is 2.25. The molecule has 0 atom stereocenters. The molecule has 0 aromatic heterocycles. The third-order valence-electron chi connectivity index (χ3n) is 1.08. The number of hydrogen-bond donors (Lipinski definition) is 1. The van der Waals surface area contributed by atoms with E-state index in [-0.39, 0.29) is 15.4 Å². The molecule has 0 aromatic carbocycles. The molecule has 0 saturated heterocycles. The lowest BCUT2D eigenvalue weighted by Crippen LogP contribution is -2.14. The highest BCUT2D eigenvalue weighted by Crippen LogP contribution is 2.18. The lowest BCUT2D eigenvalue weighted by atomic mass is 10.6. The zero-order valence-corrected chi connectivity index (χ0v) is 7.31. The summed E-state index contributed by atoms with van der Waals surface area (Å²) >= 11 is 2.80. The van der Waals surface area contributed by atoms with Gasteiger partial charge in [-0.05, 0) is 15.9 Å². The topological polar surface area (TPSA) is 72.5 Å². The van der Waals surface area contributed by atoms with Crippen LogP contribution in [0.1, 0.15) is 0 Å². The molecule has 10 heavy (non-hydrogen) atoms. The first kappa shape index (κ1) is 7.90. The average Bonchev–Trinajstić information content (AvgIpc) is 2.10. The van der Waals surface area contributed by atoms with Crippen molar-refractivity contribution in [1.29, 1.82) is 0 Å². The van der Waals surface area contributed by atoms with Crippen LogP contribution in [0.5, 0.6) is 0 Å². The molecule has 0 aliphatic carbocycles. The maximum atomic E-state index is 11.0. The monoisotopic (exact) mass is 224 g/mol. The molecule has 0 bridgehead atoms. The molecule has 0 fully saturated rings. The van der Waals surface area contributed by atoms with E-state index in [4.69, 9.17) is 5.73 Å². The van der Waals surface area contributed by atoms with Gasteiger partial charge in [0.05, 0.1) is 4.91 Å². The van der Waals surface area contributed by atoms with Gasteiger partial charge in [0, 0.05) is 12.7 Å². The zero-order chi connectivity index (χ0) is 7.78. The average molecular weight is 225 g/mol. The van der Waals surface area contributed by atoms with Gasteiger partial charge in [-0.25, -0.2) is 13.4 Å². The Labute approximate surface area is 66.9 Å². The largest absolute Gasteiger partial charge is 0.326 e. The molecule has 0 aromatic rings. The van der Waals surface area contributed by atoms with E-state index in [0.29, 0.717) is 0 Å². The van der Waals surface area contributed by atoms with E-state index in [0.717, 1.165) is 0 Å². The molecule has 1 heterocycles. The third kappa shape index (κ3) is 1.02. The summed E-state index contributed by atoms with van der Waals surface area (Å²) in [4.78, 5) is 3.70. The van der Waals surface area contributed by atoms with Gasteiger partial charge in [0.2, 0.25) is 13.8 Å². The Morgan fingerprint density at radius 2 is 2.30 bits per heavy atom. The zero-order valence-electron chi connectivity index (χ0n) is 4.91. The lowest BCUT2D eigenvalue weighted by molar-refractivity contribution is 0.613. The Morgan fingerprint density at radius 3 is 2.50 bits per heavy atom. The fourth-order valence-electron chi connectivity index (χ4n) is 0.532. The standard InChI is InChI=1S/C4H5BrN2O2S/c5-4-7-2-3(1-6)10(4,8)9/h2H,1,6H2. The van der Waals surface area contributed by atoms with Gasteiger partial charge < -0.3 is 5.73 Å². The van der Waals surface area contributed by atoms with Crippen molar-refractivity contribution < 1.29 is 8.42 Å². The third-order valence-corrected chi connectivity index (χ3v) is 4.07. The van der Waals surface area contributed by atoms with Crippen LogP contribution in [0, 0.1) is 0 Å². The Hall–Kier alpha value is -0.200. The van der Waals surface area contributed by atoms with Crippen LogP contribution in [0.4, 0.5) is 0 Å². The summed E-state index contributed by atoms with van der Waals surface area (Å²) in [5, 5.41) is 0. The van der Waals surface area contributed by atoms with Crippen molar-refractivity contribution in [3.05, 3.63) is 11.1 Å². The number of rotatable bonds is 1. The summed E-state index contributed by atoms with van der Waals surface area (Å²) in [5.74, 6) is 0. The van der Waals surface area contributed by atoms with Crippen LogP contribution in [-0.2, 0) is 9.84 Å². The lowest BCUT2D eigenvalue weighted by Gasteiger charge is -1.94. The molecule has 2 N–H and O–H groups in total. The highest BCUT2D eigenvalue weighted by atomic mass is 79.9. The van der Waals surface area contributed by atoms with Crippen LogP contribution in [0.2, 0.25) is 0 Å². The van der Waals surface area contributed by atoms with E-state index < -0.39 is 9.84 Å². The minimum Gasteiger partial charge on any atom is -0.326 e. The van der Waals surface area contributed by atoms with Crippen molar-refractivity contribution >= 4 is 29.7 Å². The predicted molar refractivity (Wildman–Crippen MR) is 42.4 cm³/mol. The van der Waals surface area contributed by atoms with Crippen LogP contribution in [0.15, 0.2) is 16.1 Å². The molecule has 1 aliphatic rings. The second-order valence-electron chi connectivity index (χ2n) is 1.69. The minimum atomic E-state index is -3.31. The maximum Gasteiger partial charge on any atom is 0.229 e. The van der Waals surface area contributed by atoms with Gasteiger partial charge >= 0.3 is 0 Å². The van der Waals surface area contributed by atoms with Gasteiger partial charge in [-0.2, -0.15) is 0 Å². The molecule has 0 amide bonds. The summed E-state index contributed by atoms with van der Waals surface area (Å²) in [6.07, 6.45) is 1.25. The second-order valence-corrected chi connectivity index (χ2v) is 4.88. The molecular weight excluding hydrogens is 220 g/mol. The summed E-state index contributed by atoms with van der Waals surface area (Å²) in [7, 11) is -3.31. The van der Waals surface area contributed by atoms with E-state index in [1.807, 2.05) is 0 Å². The van der Waals surface area contributed by atoms with Crippen molar-refractivity contribution in [2.45, 2.75) is 0 Å². The normalized spacial score (nSPS) is 22.2. The number of hydrogen-bond acceptors (Lipinski definition) is 4. The van der Waals surface area contributed by atoms with E-state index in [9.17, 15) is 8.42 Å². The van der Waals surface area contributed by atoms with Crippen LogP contribution in [-0.4, -0.2) is 18.9 Å². The van der Waals surface area contributed by atoms with Crippen molar-refractivity contribution in [3.8, 4) is 0 Å². The van der Waals surface area contributed by atoms with Crippen LogP contribution < -0.4 is 5.73 Å². The highest BCUT2D eigenvalue weighted by molar-refractivity contribution is 9.21. The Kier molecular flexibility index (Phi) is 1.93. The van der Waals surface area contributed by atoms with E-state index in [1.165, 1.54) is 6.20 Å². The Balaban J connectivity index is 3.14. The quantitative estimate of drug-likeness (QED) is 0.680. The number of halogens is 1. The molecule has 0 radical (unpaired) electrons. The van der Waals surface area contributed by atoms with Gasteiger partial charge in [0.25, 0.3) is 0 Å². The summed E-state index contributed by atoms with van der Waals surface area (Å²) < 4.78 is 21.9. The molecule has 0 unspecified atom stereocenters. The van der Waals surface area contributed by atoms with Gasteiger partial charge in [0.1, 0.15) is 0 Å².